The van der Waals surface area contributed by atoms with E-state index in [1.165, 1.54) is 0 Å². The molecule has 1 amide bonds. The number of rotatable bonds is 8. The molecule has 1 aliphatic carbocycles. The second-order valence-electron chi connectivity index (χ2n) is 5.99. The van der Waals surface area contributed by atoms with E-state index in [9.17, 15) is 14.7 Å². The van der Waals surface area contributed by atoms with Crippen LogP contribution in [0.3, 0.4) is 0 Å². The number of carboxylic acids is 1. The number of hydrogen-bond donors (Lipinski definition) is 3. The van der Waals surface area contributed by atoms with Crippen molar-refractivity contribution in [1.29, 1.82) is 0 Å². The number of carbonyl (C=O) groups is 2. The SMILES string of the molecule is CCCC(O)(CCC)CNC(=O)[C@@H]1CC[C@H](C(=O)O)C1. The lowest BCUT2D eigenvalue weighted by atomic mass is 9.92. The van der Waals surface area contributed by atoms with E-state index in [2.05, 4.69) is 5.32 Å². The van der Waals surface area contributed by atoms with Crippen LogP contribution in [0.25, 0.3) is 0 Å². The molecule has 0 saturated heterocycles. The lowest BCUT2D eigenvalue weighted by molar-refractivity contribution is -0.141. The minimum atomic E-state index is -0.829. The lowest BCUT2D eigenvalue weighted by Gasteiger charge is -2.28. The number of carbonyl (C=O) groups excluding carboxylic acids is 1. The Morgan fingerprint density at radius 1 is 1.15 bits per heavy atom. The predicted octanol–water partition coefficient (Wildman–Crippen LogP) is 1.93. The molecule has 5 nitrogen and oxygen atoms in total. The molecule has 0 bridgehead atoms. The maximum absolute atomic E-state index is 12.1. The Balaban J connectivity index is 2.44. The first-order chi connectivity index (χ1) is 9.41. The molecule has 0 aromatic heterocycles. The molecular formula is C15H27NO4. The Labute approximate surface area is 120 Å². The molecule has 1 fully saturated rings. The summed E-state index contributed by atoms with van der Waals surface area (Å²) in [6, 6.07) is 0. The highest BCUT2D eigenvalue weighted by atomic mass is 16.4. The Kier molecular flexibility index (Phi) is 6.46. The average Bonchev–Trinajstić information content (AvgIpc) is 2.86. The molecule has 3 N–H and O–H groups in total. The van der Waals surface area contributed by atoms with Crippen molar-refractivity contribution in [2.45, 2.75) is 64.4 Å². The Hall–Kier alpha value is -1.10. The van der Waals surface area contributed by atoms with Gasteiger partial charge in [-0.05, 0) is 32.1 Å². The van der Waals surface area contributed by atoms with Crippen molar-refractivity contribution < 1.29 is 19.8 Å². The fraction of sp³-hybridized carbons (Fsp3) is 0.867. The fourth-order valence-corrected chi connectivity index (χ4v) is 3.07. The van der Waals surface area contributed by atoms with Gasteiger partial charge in [-0.3, -0.25) is 9.59 Å². The highest BCUT2D eigenvalue weighted by Crippen LogP contribution is 2.31. The van der Waals surface area contributed by atoms with Gasteiger partial charge in [0.25, 0.3) is 0 Å². The summed E-state index contributed by atoms with van der Waals surface area (Å²) < 4.78 is 0. The van der Waals surface area contributed by atoms with Crippen molar-refractivity contribution in [3.63, 3.8) is 0 Å². The summed E-state index contributed by atoms with van der Waals surface area (Å²) in [5, 5.41) is 22.2. The molecule has 0 aromatic rings. The first-order valence-electron chi connectivity index (χ1n) is 7.64. The molecule has 20 heavy (non-hydrogen) atoms. The molecule has 0 radical (unpaired) electrons. The van der Waals surface area contributed by atoms with Gasteiger partial charge in [0, 0.05) is 12.5 Å². The second kappa shape index (κ2) is 7.62. The highest BCUT2D eigenvalue weighted by Gasteiger charge is 2.34. The van der Waals surface area contributed by atoms with Crippen molar-refractivity contribution in [2.75, 3.05) is 6.54 Å². The van der Waals surface area contributed by atoms with Crippen LogP contribution in [0.15, 0.2) is 0 Å². The Bertz CT molecular complexity index is 337. The standard InChI is InChI=1S/C15H27NO4/c1-3-7-15(20,8-4-2)10-16-13(17)11-5-6-12(9-11)14(18)19/h11-12,20H,3-10H2,1-2H3,(H,16,17)(H,18,19)/t11-,12+/m1/s1. The van der Waals surface area contributed by atoms with E-state index in [0.717, 1.165) is 12.8 Å². The highest BCUT2D eigenvalue weighted by molar-refractivity contribution is 5.80. The first-order valence-corrected chi connectivity index (χ1v) is 7.64. The normalized spacial score (nSPS) is 22.8. The average molecular weight is 285 g/mol. The third-order valence-corrected chi connectivity index (χ3v) is 4.18. The van der Waals surface area contributed by atoms with E-state index in [0.29, 0.717) is 32.1 Å². The Morgan fingerprint density at radius 3 is 2.15 bits per heavy atom. The van der Waals surface area contributed by atoms with Gasteiger partial charge in [0.1, 0.15) is 0 Å². The third kappa shape index (κ3) is 4.78. The minimum Gasteiger partial charge on any atom is -0.481 e. The molecule has 5 heteroatoms. The number of nitrogens with one attached hydrogen (secondary N) is 1. The maximum atomic E-state index is 12.1. The summed E-state index contributed by atoms with van der Waals surface area (Å²) >= 11 is 0. The predicted molar refractivity (Wildman–Crippen MR) is 76.2 cm³/mol. The molecule has 2 atom stereocenters. The van der Waals surface area contributed by atoms with Gasteiger partial charge in [-0.1, -0.05) is 26.7 Å². The molecule has 116 valence electrons. The number of aliphatic carboxylic acids is 1. The molecule has 1 rings (SSSR count). The van der Waals surface area contributed by atoms with Crippen LogP contribution in [0.4, 0.5) is 0 Å². The van der Waals surface area contributed by atoms with Crippen molar-refractivity contribution in [2.24, 2.45) is 11.8 Å². The monoisotopic (exact) mass is 285 g/mol. The van der Waals surface area contributed by atoms with Crippen molar-refractivity contribution >= 4 is 11.9 Å². The van der Waals surface area contributed by atoms with E-state index in [1.54, 1.807) is 0 Å². The smallest absolute Gasteiger partial charge is 0.306 e. The fourth-order valence-electron chi connectivity index (χ4n) is 3.07. The van der Waals surface area contributed by atoms with Gasteiger partial charge in [-0.15, -0.1) is 0 Å². The van der Waals surface area contributed by atoms with Crippen LogP contribution in [-0.2, 0) is 9.59 Å². The molecule has 0 aromatic carbocycles. The summed E-state index contributed by atoms with van der Waals surface area (Å²) in [4.78, 5) is 22.9. The van der Waals surface area contributed by atoms with Crippen LogP contribution >= 0.6 is 0 Å². The molecular weight excluding hydrogens is 258 g/mol. The summed E-state index contributed by atoms with van der Waals surface area (Å²) in [5.74, 6) is -1.53. The summed E-state index contributed by atoms with van der Waals surface area (Å²) in [6.45, 7) is 4.29. The summed E-state index contributed by atoms with van der Waals surface area (Å²) in [6.07, 6.45) is 4.70. The largest absolute Gasteiger partial charge is 0.481 e. The van der Waals surface area contributed by atoms with E-state index in [4.69, 9.17) is 5.11 Å². The van der Waals surface area contributed by atoms with Gasteiger partial charge in [-0.25, -0.2) is 0 Å². The minimum absolute atomic E-state index is 0.112. The van der Waals surface area contributed by atoms with Gasteiger partial charge < -0.3 is 15.5 Å². The molecule has 1 saturated carbocycles. The first kappa shape index (κ1) is 17.0. The van der Waals surface area contributed by atoms with Crippen molar-refractivity contribution in [3.8, 4) is 0 Å². The van der Waals surface area contributed by atoms with Gasteiger partial charge in [0.15, 0.2) is 0 Å². The number of amides is 1. The van der Waals surface area contributed by atoms with Crippen LogP contribution in [0.5, 0.6) is 0 Å². The third-order valence-electron chi connectivity index (χ3n) is 4.18. The van der Waals surface area contributed by atoms with Gasteiger partial charge in [0.2, 0.25) is 5.91 Å². The number of aliphatic hydroxyl groups is 1. The van der Waals surface area contributed by atoms with E-state index in [-0.39, 0.29) is 18.4 Å². The molecule has 0 aliphatic heterocycles. The zero-order valence-corrected chi connectivity index (χ0v) is 12.5. The summed E-state index contributed by atoms with van der Waals surface area (Å²) in [7, 11) is 0. The lowest BCUT2D eigenvalue weighted by Crippen LogP contribution is -2.44. The van der Waals surface area contributed by atoms with E-state index >= 15 is 0 Å². The van der Waals surface area contributed by atoms with E-state index < -0.39 is 17.5 Å². The summed E-state index contributed by atoms with van der Waals surface area (Å²) in [5.41, 5.74) is -0.829. The van der Waals surface area contributed by atoms with Crippen LogP contribution in [0.2, 0.25) is 0 Å². The maximum Gasteiger partial charge on any atom is 0.306 e. The quantitative estimate of drug-likeness (QED) is 0.636. The Morgan fingerprint density at radius 2 is 1.70 bits per heavy atom. The molecule has 1 aliphatic rings. The van der Waals surface area contributed by atoms with Gasteiger partial charge in [-0.2, -0.15) is 0 Å². The zero-order valence-electron chi connectivity index (χ0n) is 12.5. The number of hydrogen-bond acceptors (Lipinski definition) is 3. The zero-order chi connectivity index (χ0) is 15.2. The topological polar surface area (TPSA) is 86.6 Å². The van der Waals surface area contributed by atoms with Crippen LogP contribution in [0.1, 0.15) is 58.8 Å². The van der Waals surface area contributed by atoms with Gasteiger partial charge in [0.05, 0.1) is 11.5 Å². The van der Waals surface area contributed by atoms with E-state index in [1.807, 2.05) is 13.8 Å². The van der Waals surface area contributed by atoms with Crippen LogP contribution < -0.4 is 5.32 Å². The molecule has 0 spiro atoms. The van der Waals surface area contributed by atoms with Crippen molar-refractivity contribution in [3.05, 3.63) is 0 Å². The molecule has 0 unspecified atom stereocenters. The number of carboxylic acid groups (broad SMARTS) is 1. The second-order valence-corrected chi connectivity index (χ2v) is 5.99. The van der Waals surface area contributed by atoms with Crippen molar-refractivity contribution in [1.82, 2.24) is 5.32 Å². The van der Waals surface area contributed by atoms with Gasteiger partial charge >= 0.3 is 5.97 Å². The molecule has 0 heterocycles. The van der Waals surface area contributed by atoms with Crippen LogP contribution in [-0.4, -0.2) is 34.2 Å². The van der Waals surface area contributed by atoms with Crippen LogP contribution in [0, 0.1) is 11.8 Å².